The number of thioether (sulfide) groups is 1. The second kappa shape index (κ2) is 14.9. The standard InChI is InChI=1S/C36H30N6OS2/c1-3-24(10-7-8-13-27-21-29(42-44)16-18-32(27)38)34-39-35(25-11-5-4-6-12-25)41-36(40-34)28-15-9-14-26(20-28)31-22-30(43-23-37)17-19-33(31)45-2/h3-12,14-22,42,44H,1,13,38H2,2H3/b8-7-,24-10+. The lowest BCUT2D eigenvalue weighted by Gasteiger charge is -2.12. The first kappa shape index (κ1) is 31.1. The second-order valence-electron chi connectivity index (χ2n) is 9.79. The average Bonchev–Trinajstić information content (AvgIpc) is 3.09. The molecule has 0 unspecified atom stereocenters. The smallest absolute Gasteiger partial charge is 0.292 e. The van der Waals surface area contributed by atoms with Gasteiger partial charge in [0.15, 0.2) is 17.5 Å². The number of nitriles is 1. The Bertz CT molecular complexity index is 1930. The summed E-state index contributed by atoms with van der Waals surface area (Å²) in [6, 6.07) is 29.1. The van der Waals surface area contributed by atoms with Crippen molar-refractivity contribution in [1.29, 1.82) is 5.26 Å². The number of ether oxygens (including phenoxy) is 1. The Morgan fingerprint density at radius 1 is 0.956 bits per heavy atom. The highest BCUT2D eigenvalue weighted by atomic mass is 32.2. The Morgan fingerprint density at radius 3 is 2.44 bits per heavy atom. The van der Waals surface area contributed by atoms with E-state index in [0.29, 0.717) is 35.3 Å². The molecule has 0 saturated carbocycles. The summed E-state index contributed by atoms with van der Waals surface area (Å²) in [6.07, 6.45) is 12.0. The molecule has 0 atom stereocenters. The van der Waals surface area contributed by atoms with Gasteiger partial charge in [0.2, 0.25) is 0 Å². The van der Waals surface area contributed by atoms with Gasteiger partial charge in [0.1, 0.15) is 5.75 Å². The fraction of sp³-hybridized carbons (Fsp3) is 0.0556. The molecule has 45 heavy (non-hydrogen) atoms. The third-order valence-corrected chi connectivity index (χ3v) is 7.99. The molecule has 0 aliphatic heterocycles. The molecule has 5 aromatic rings. The van der Waals surface area contributed by atoms with Crippen molar-refractivity contribution < 1.29 is 4.74 Å². The number of nitrogens with one attached hydrogen (secondary N) is 1. The van der Waals surface area contributed by atoms with Crippen LogP contribution in [0.25, 0.3) is 39.5 Å². The summed E-state index contributed by atoms with van der Waals surface area (Å²) in [7, 11) is 0. The van der Waals surface area contributed by atoms with Gasteiger partial charge in [-0.15, -0.1) is 17.0 Å². The number of nitrogen functional groups attached to an aromatic ring is 1. The molecule has 0 saturated heterocycles. The van der Waals surface area contributed by atoms with Crippen LogP contribution in [0.2, 0.25) is 0 Å². The number of rotatable bonds is 11. The van der Waals surface area contributed by atoms with Crippen molar-refractivity contribution in [3.05, 3.63) is 133 Å². The number of hydrogen-bond acceptors (Lipinski definition) is 9. The van der Waals surface area contributed by atoms with Crippen LogP contribution in [0.5, 0.6) is 5.75 Å². The number of allylic oxidation sites excluding steroid dienone is 5. The number of nitrogens with two attached hydrogens (primary N) is 1. The van der Waals surface area contributed by atoms with Crippen molar-refractivity contribution in [1.82, 2.24) is 15.0 Å². The van der Waals surface area contributed by atoms with Gasteiger partial charge in [-0.1, -0.05) is 92.2 Å². The van der Waals surface area contributed by atoms with Crippen LogP contribution in [0.15, 0.2) is 127 Å². The number of benzene rings is 4. The van der Waals surface area contributed by atoms with E-state index in [-0.39, 0.29) is 0 Å². The maximum atomic E-state index is 9.04. The summed E-state index contributed by atoms with van der Waals surface area (Å²) >= 11 is 5.75. The minimum Gasteiger partial charge on any atom is -0.398 e. The Labute approximate surface area is 272 Å². The summed E-state index contributed by atoms with van der Waals surface area (Å²) in [6.45, 7) is 4.04. The van der Waals surface area contributed by atoms with Crippen molar-refractivity contribution >= 4 is 41.5 Å². The quantitative estimate of drug-likeness (QED) is 0.0439. The molecule has 0 amide bonds. The molecule has 0 aliphatic carbocycles. The summed E-state index contributed by atoms with van der Waals surface area (Å²) in [5, 5.41) is 9.04. The van der Waals surface area contributed by atoms with Gasteiger partial charge in [0.25, 0.3) is 6.26 Å². The van der Waals surface area contributed by atoms with Crippen LogP contribution < -0.4 is 15.2 Å². The van der Waals surface area contributed by atoms with Crippen LogP contribution in [0, 0.1) is 11.5 Å². The monoisotopic (exact) mass is 626 g/mol. The molecule has 0 bridgehead atoms. The van der Waals surface area contributed by atoms with Gasteiger partial charge >= 0.3 is 0 Å². The molecular weight excluding hydrogens is 597 g/mol. The third kappa shape index (κ3) is 7.62. The van der Waals surface area contributed by atoms with Crippen LogP contribution in [0.3, 0.4) is 0 Å². The molecule has 3 N–H and O–H groups in total. The van der Waals surface area contributed by atoms with E-state index >= 15 is 0 Å². The molecule has 5 rings (SSSR count). The minimum absolute atomic E-state index is 0.479. The van der Waals surface area contributed by atoms with E-state index in [9.17, 15) is 0 Å². The lowest BCUT2D eigenvalue weighted by atomic mass is 10.0. The van der Waals surface area contributed by atoms with Gasteiger partial charge in [0.05, 0.1) is 0 Å². The molecule has 1 heterocycles. The van der Waals surface area contributed by atoms with Crippen molar-refractivity contribution in [3.8, 4) is 45.9 Å². The van der Waals surface area contributed by atoms with Gasteiger partial charge in [-0.25, -0.2) is 15.0 Å². The minimum atomic E-state index is 0.479. The first-order valence-electron chi connectivity index (χ1n) is 14.0. The summed E-state index contributed by atoms with van der Waals surface area (Å²) < 4.78 is 7.96. The molecular formula is C36H30N6OS2. The number of nitrogens with zero attached hydrogens (tertiary/aromatic N) is 4. The SMILES string of the molecule is C=C/C(=C\C=C/Cc1cc(NS)ccc1N)c1nc(-c2ccccc2)nc(-c2cccc(-c3cc(OC#N)ccc3SC)c2)n1. The first-order chi connectivity index (χ1) is 22.0. The van der Waals surface area contributed by atoms with Gasteiger partial charge < -0.3 is 15.2 Å². The topological polar surface area (TPSA) is 110 Å². The molecule has 0 fully saturated rings. The Balaban J connectivity index is 1.55. The molecule has 0 spiro atoms. The zero-order chi connectivity index (χ0) is 31.6. The van der Waals surface area contributed by atoms with E-state index in [1.165, 1.54) is 0 Å². The molecule has 0 radical (unpaired) electrons. The maximum Gasteiger partial charge on any atom is 0.292 e. The molecule has 9 heteroatoms. The maximum absolute atomic E-state index is 9.04. The molecule has 4 aromatic carbocycles. The predicted octanol–water partition coefficient (Wildman–Crippen LogP) is 8.66. The van der Waals surface area contributed by atoms with Gasteiger partial charge in [-0.05, 0) is 71.8 Å². The van der Waals surface area contributed by atoms with Crippen LogP contribution in [0.4, 0.5) is 11.4 Å². The number of anilines is 2. The van der Waals surface area contributed by atoms with E-state index < -0.39 is 0 Å². The van der Waals surface area contributed by atoms with E-state index in [0.717, 1.165) is 44.0 Å². The van der Waals surface area contributed by atoms with Crippen molar-refractivity contribution in [2.45, 2.75) is 11.3 Å². The van der Waals surface area contributed by atoms with E-state index in [4.69, 9.17) is 30.7 Å². The summed E-state index contributed by atoms with van der Waals surface area (Å²) in [4.78, 5) is 15.7. The van der Waals surface area contributed by atoms with E-state index in [1.54, 1.807) is 30.2 Å². The summed E-state index contributed by atoms with van der Waals surface area (Å²) in [5.41, 5.74) is 13.1. The van der Waals surface area contributed by atoms with E-state index in [1.807, 2.05) is 109 Å². The fourth-order valence-corrected chi connectivity index (χ4v) is 5.40. The lowest BCUT2D eigenvalue weighted by molar-refractivity contribution is 0.507. The number of aromatic nitrogens is 3. The Kier molecular flexibility index (Phi) is 10.3. The number of thiol groups is 1. The van der Waals surface area contributed by atoms with Crippen LogP contribution in [-0.4, -0.2) is 21.2 Å². The van der Waals surface area contributed by atoms with Crippen molar-refractivity contribution in [2.24, 2.45) is 0 Å². The molecule has 7 nitrogen and oxygen atoms in total. The van der Waals surface area contributed by atoms with Gasteiger partial charge in [0, 0.05) is 33.0 Å². The normalized spacial score (nSPS) is 11.3. The van der Waals surface area contributed by atoms with Crippen LogP contribution in [0.1, 0.15) is 11.4 Å². The van der Waals surface area contributed by atoms with E-state index in [2.05, 4.69) is 24.1 Å². The highest BCUT2D eigenvalue weighted by Gasteiger charge is 2.14. The zero-order valence-electron chi connectivity index (χ0n) is 24.5. The predicted molar refractivity (Wildman–Crippen MR) is 189 cm³/mol. The van der Waals surface area contributed by atoms with Crippen LogP contribution in [-0.2, 0) is 6.42 Å². The highest BCUT2D eigenvalue weighted by Crippen LogP contribution is 2.35. The lowest BCUT2D eigenvalue weighted by Crippen LogP contribution is -2.02. The molecule has 222 valence electrons. The largest absolute Gasteiger partial charge is 0.398 e. The fourth-order valence-electron chi connectivity index (χ4n) is 4.66. The first-order valence-corrected chi connectivity index (χ1v) is 15.6. The third-order valence-electron chi connectivity index (χ3n) is 6.93. The average molecular weight is 627 g/mol. The number of hydrogen-bond donors (Lipinski definition) is 3. The summed E-state index contributed by atoms with van der Waals surface area (Å²) in [5.74, 6) is 2.05. The van der Waals surface area contributed by atoms with Crippen molar-refractivity contribution in [3.63, 3.8) is 0 Å². The van der Waals surface area contributed by atoms with Crippen LogP contribution >= 0.6 is 24.6 Å². The second-order valence-corrected chi connectivity index (χ2v) is 10.9. The Morgan fingerprint density at radius 2 is 1.71 bits per heavy atom. The van der Waals surface area contributed by atoms with Gasteiger partial charge in [-0.2, -0.15) is 0 Å². The molecule has 0 aliphatic rings. The highest BCUT2D eigenvalue weighted by molar-refractivity contribution is 7.98. The Hall–Kier alpha value is -5.30. The zero-order valence-corrected chi connectivity index (χ0v) is 26.2. The van der Waals surface area contributed by atoms with Crippen molar-refractivity contribution in [2.75, 3.05) is 16.7 Å². The van der Waals surface area contributed by atoms with Gasteiger partial charge in [-0.3, -0.25) is 0 Å². The molecule has 1 aromatic heterocycles.